The van der Waals surface area contributed by atoms with E-state index in [0.717, 1.165) is 24.9 Å². The summed E-state index contributed by atoms with van der Waals surface area (Å²) in [5.41, 5.74) is 0.609. The smallest absolute Gasteiger partial charge is 0.242 e. The van der Waals surface area contributed by atoms with Gasteiger partial charge in [-0.2, -0.15) is 0 Å². The predicted molar refractivity (Wildman–Crippen MR) is 91.0 cm³/mol. The first-order valence-corrected chi connectivity index (χ1v) is 7.81. The first kappa shape index (κ1) is 18.9. The van der Waals surface area contributed by atoms with Gasteiger partial charge in [-0.3, -0.25) is 4.79 Å². The molecule has 1 fully saturated rings. The fourth-order valence-corrected chi connectivity index (χ4v) is 2.83. The van der Waals surface area contributed by atoms with Gasteiger partial charge in [-0.25, -0.2) is 0 Å². The standard InChI is InChI=1S/C17H26N2O2.ClH/c1-3-15(20)13-19(12-14-8-5-4-6-9-14)16(21)17(2)10-7-11-18-17;/h4-6,8-9,15,18,20H,3,7,10-13H2,1-2H3;1H. The van der Waals surface area contributed by atoms with Gasteiger partial charge in [-0.1, -0.05) is 37.3 Å². The van der Waals surface area contributed by atoms with E-state index in [0.29, 0.717) is 19.5 Å². The van der Waals surface area contributed by atoms with Crippen LogP contribution >= 0.6 is 12.4 Å². The van der Waals surface area contributed by atoms with Crippen molar-refractivity contribution in [2.24, 2.45) is 0 Å². The summed E-state index contributed by atoms with van der Waals surface area (Å²) in [6.07, 6.45) is 2.07. The van der Waals surface area contributed by atoms with E-state index in [1.165, 1.54) is 0 Å². The van der Waals surface area contributed by atoms with Crippen LogP contribution in [-0.2, 0) is 11.3 Å². The summed E-state index contributed by atoms with van der Waals surface area (Å²) in [6, 6.07) is 9.95. The highest BCUT2D eigenvalue weighted by molar-refractivity contribution is 5.86. The van der Waals surface area contributed by atoms with Crippen molar-refractivity contribution >= 4 is 18.3 Å². The Hall–Kier alpha value is -1.10. The van der Waals surface area contributed by atoms with Gasteiger partial charge >= 0.3 is 0 Å². The first-order valence-electron chi connectivity index (χ1n) is 7.81. The molecule has 1 aromatic rings. The summed E-state index contributed by atoms with van der Waals surface area (Å²) in [7, 11) is 0. The van der Waals surface area contributed by atoms with Crippen LogP contribution in [0.3, 0.4) is 0 Å². The van der Waals surface area contributed by atoms with Gasteiger partial charge in [0.05, 0.1) is 11.6 Å². The van der Waals surface area contributed by atoms with Crippen LogP contribution in [-0.4, -0.2) is 40.6 Å². The molecule has 5 heteroatoms. The van der Waals surface area contributed by atoms with E-state index in [9.17, 15) is 9.90 Å². The van der Waals surface area contributed by atoms with Crippen molar-refractivity contribution in [3.05, 3.63) is 35.9 Å². The number of hydrogen-bond donors (Lipinski definition) is 2. The Bertz CT molecular complexity index is 461. The molecule has 1 aliphatic heterocycles. The van der Waals surface area contributed by atoms with Crippen LogP contribution in [0.5, 0.6) is 0 Å². The topological polar surface area (TPSA) is 52.6 Å². The Labute approximate surface area is 139 Å². The van der Waals surface area contributed by atoms with Crippen LogP contribution in [0.4, 0.5) is 0 Å². The number of hydrogen-bond acceptors (Lipinski definition) is 3. The Kier molecular flexibility index (Phi) is 7.33. The zero-order chi connectivity index (χ0) is 15.3. The van der Waals surface area contributed by atoms with Crippen LogP contribution in [0.25, 0.3) is 0 Å². The molecule has 0 spiro atoms. The number of aliphatic hydroxyl groups excluding tert-OH is 1. The minimum Gasteiger partial charge on any atom is -0.391 e. The molecule has 1 heterocycles. The maximum atomic E-state index is 12.9. The van der Waals surface area contributed by atoms with E-state index in [1.807, 2.05) is 44.2 Å². The molecule has 0 radical (unpaired) electrons. The molecule has 0 aromatic heterocycles. The summed E-state index contributed by atoms with van der Waals surface area (Å²) in [6.45, 7) is 5.73. The monoisotopic (exact) mass is 326 g/mol. The molecule has 1 amide bonds. The molecule has 2 rings (SSSR count). The second-order valence-electron chi connectivity index (χ2n) is 6.10. The Balaban J connectivity index is 0.00000242. The second-order valence-corrected chi connectivity index (χ2v) is 6.10. The molecule has 0 bridgehead atoms. The van der Waals surface area contributed by atoms with E-state index in [2.05, 4.69) is 5.32 Å². The van der Waals surface area contributed by atoms with Crippen LogP contribution < -0.4 is 5.32 Å². The van der Waals surface area contributed by atoms with E-state index in [1.54, 1.807) is 4.90 Å². The summed E-state index contributed by atoms with van der Waals surface area (Å²) in [5, 5.41) is 13.3. The molecule has 2 unspecified atom stereocenters. The quantitative estimate of drug-likeness (QED) is 0.843. The minimum atomic E-state index is -0.484. The molecule has 0 aliphatic carbocycles. The number of nitrogens with zero attached hydrogens (tertiary/aromatic N) is 1. The van der Waals surface area contributed by atoms with Crippen LogP contribution in [0.2, 0.25) is 0 Å². The highest BCUT2D eigenvalue weighted by atomic mass is 35.5. The molecule has 124 valence electrons. The predicted octanol–water partition coefficient (Wildman–Crippen LogP) is 2.35. The third-order valence-corrected chi connectivity index (χ3v) is 4.25. The lowest BCUT2D eigenvalue weighted by Crippen LogP contribution is -2.54. The highest BCUT2D eigenvalue weighted by Crippen LogP contribution is 2.22. The van der Waals surface area contributed by atoms with E-state index >= 15 is 0 Å². The SMILES string of the molecule is CCC(O)CN(Cc1ccccc1)C(=O)C1(C)CCCN1.Cl. The summed E-state index contributed by atoms with van der Waals surface area (Å²) < 4.78 is 0. The normalized spacial score (nSPS) is 22.0. The average Bonchev–Trinajstić information content (AvgIpc) is 2.94. The number of aliphatic hydroxyl groups is 1. The fraction of sp³-hybridized carbons (Fsp3) is 0.588. The molecule has 4 nitrogen and oxygen atoms in total. The lowest BCUT2D eigenvalue weighted by Gasteiger charge is -2.33. The Morgan fingerprint density at radius 2 is 2.09 bits per heavy atom. The highest BCUT2D eigenvalue weighted by Gasteiger charge is 2.39. The largest absolute Gasteiger partial charge is 0.391 e. The van der Waals surface area contributed by atoms with Crippen molar-refractivity contribution < 1.29 is 9.90 Å². The Morgan fingerprint density at radius 1 is 1.41 bits per heavy atom. The van der Waals surface area contributed by atoms with Crippen LogP contribution in [0.1, 0.15) is 38.7 Å². The molecular formula is C17H27ClN2O2. The van der Waals surface area contributed by atoms with Crippen molar-refractivity contribution in [2.45, 2.75) is 51.3 Å². The zero-order valence-corrected chi connectivity index (χ0v) is 14.2. The van der Waals surface area contributed by atoms with Gasteiger partial charge in [-0.05, 0) is 38.3 Å². The number of amides is 1. The summed E-state index contributed by atoms with van der Waals surface area (Å²) >= 11 is 0. The van der Waals surface area contributed by atoms with Crippen molar-refractivity contribution in [1.82, 2.24) is 10.2 Å². The van der Waals surface area contributed by atoms with Crippen molar-refractivity contribution in [2.75, 3.05) is 13.1 Å². The van der Waals surface area contributed by atoms with Crippen LogP contribution in [0.15, 0.2) is 30.3 Å². The van der Waals surface area contributed by atoms with Crippen molar-refractivity contribution in [1.29, 1.82) is 0 Å². The molecular weight excluding hydrogens is 300 g/mol. The van der Waals surface area contributed by atoms with Gasteiger partial charge in [-0.15, -0.1) is 12.4 Å². The van der Waals surface area contributed by atoms with Gasteiger partial charge < -0.3 is 15.3 Å². The maximum Gasteiger partial charge on any atom is 0.242 e. The molecule has 1 aliphatic rings. The molecule has 1 saturated heterocycles. The number of benzene rings is 1. The van der Waals surface area contributed by atoms with Crippen LogP contribution in [0, 0.1) is 0 Å². The summed E-state index contributed by atoms with van der Waals surface area (Å²) in [5.74, 6) is 0.0938. The lowest BCUT2D eigenvalue weighted by molar-refractivity contribution is -0.139. The zero-order valence-electron chi connectivity index (χ0n) is 13.4. The Morgan fingerprint density at radius 3 is 2.64 bits per heavy atom. The minimum absolute atomic E-state index is 0. The van der Waals surface area contributed by atoms with Crippen molar-refractivity contribution in [3.63, 3.8) is 0 Å². The van der Waals surface area contributed by atoms with Gasteiger partial charge in [0, 0.05) is 13.1 Å². The molecule has 2 N–H and O–H groups in total. The average molecular weight is 327 g/mol. The van der Waals surface area contributed by atoms with Gasteiger partial charge in [0.2, 0.25) is 5.91 Å². The summed E-state index contributed by atoms with van der Waals surface area (Å²) in [4.78, 5) is 14.7. The number of nitrogens with one attached hydrogen (secondary N) is 1. The number of halogens is 1. The maximum absolute atomic E-state index is 12.9. The lowest BCUT2D eigenvalue weighted by atomic mass is 9.97. The van der Waals surface area contributed by atoms with E-state index < -0.39 is 11.6 Å². The van der Waals surface area contributed by atoms with E-state index in [4.69, 9.17) is 0 Å². The van der Waals surface area contributed by atoms with Gasteiger partial charge in [0.15, 0.2) is 0 Å². The van der Waals surface area contributed by atoms with Gasteiger partial charge in [0.25, 0.3) is 0 Å². The fourth-order valence-electron chi connectivity index (χ4n) is 2.83. The van der Waals surface area contributed by atoms with E-state index in [-0.39, 0.29) is 18.3 Å². The number of carbonyl (C=O) groups excluding carboxylic acids is 1. The van der Waals surface area contributed by atoms with Crippen molar-refractivity contribution in [3.8, 4) is 0 Å². The molecule has 1 aromatic carbocycles. The number of carbonyl (C=O) groups is 1. The van der Waals surface area contributed by atoms with Gasteiger partial charge in [0.1, 0.15) is 0 Å². The second kappa shape index (κ2) is 8.51. The first-order chi connectivity index (χ1) is 10.0. The third kappa shape index (κ3) is 4.70. The number of rotatable bonds is 6. The third-order valence-electron chi connectivity index (χ3n) is 4.25. The molecule has 22 heavy (non-hydrogen) atoms. The molecule has 2 atom stereocenters. The molecule has 0 saturated carbocycles.